The molecule has 1 spiro atoms. The molecule has 2 aliphatic rings. The molecule has 0 saturated heterocycles. The third-order valence-electron chi connectivity index (χ3n) is 15.2. The maximum Gasteiger partial charge on any atom is 0.137 e. The number of ether oxygens (including phenoxy) is 1. The van der Waals surface area contributed by atoms with Gasteiger partial charge in [-0.2, -0.15) is 0 Å². The molecular weight excluding hydrogens is 869 g/mol. The fourth-order valence-corrected chi connectivity index (χ4v) is 12.3. The van der Waals surface area contributed by atoms with Crippen molar-refractivity contribution in [3.05, 3.63) is 253 Å². The van der Waals surface area contributed by atoms with Crippen LogP contribution in [0.25, 0.3) is 105 Å². The fourth-order valence-electron chi connectivity index (χ4n) is 12.3. The van der Waals surface area contributed by atoms with Gasteiger partial charge in [-0.25, -0.2) is 4.98 Å². The predicted molar refractivity (Wildman–Crippen MR) is 286 cm³/mol. The van der Waals surface area contributed by atoms with E-state index in [-0.39, 0.29) is 0 Å². The highest BCUT2D eigenvalue weighted by atomic mass is 16.5. The van der Waals surface area contributed by atoms with Crippen LogP contribution in [-0.4, -0.2) is 28.7 Å². The van der Waals surface area contributed by atoms with Crippen LogP contribution in [0.2, 0.25) is 0 Å². The number of rotatable bonds is 4. The van der Waals surface area contributed by atoms with Crippen molar-refractivity contribution < 1.29 is 4.74 Å². The van der Waals surface area contributed by atoms with Crippen molar-refractivity contribution in [3.8, 4) is 51.2 Å². The zero-order valence-corrected chi connectivity index (χ0v) is 38.0. The van der Waals surface area contributed by atoms with Gasteiger partial charge in [0.15, 0.2) is 0 Å². The van der Waals surface area contributed by atoms with E-state index in [0.29, 0.717) is 0 Å². The Hall–Kier alpha value is -9.59. The number of benzene rings is 8. The number of pyridine rings is 3. The molecule has 0 radical (unpaired) electrons. The second kappa shape index (κ2) is 14.2. The molecular formula is C64H38N6O. The number of nitrogens with zero attached hydrogens (tertiary/aromatic N) is 6. The van der Waals surface area contributed by atoms with Gasteiger partial charge in [-0.15, -0.1) is 0 Å². The number of fused-ring (bicyclic) bond motifs is 18. The summed E-state index contributed by atoms with van der Waals surface area (Å²) < 4.78 is 13.7. The second-order valence-corrected chi connectivity index (χ2v) is 18.8. The lowest BCUT2D eigenvalue weighted by molar-refractivity contribution is 0.436. The maximum atomic E-state index is 6.76. The molecule has 0 atom stereocenters. The van der Waals surface area contributed by atoms with E-state index >= 15 is 0 Å². The first-order chi connectivity index (χ1) is 35.2. The molecule has 16 rings (SSSR count). The standard InChI is InChI=1S/C64H38N6O/c1-8-22-53-43(15-1)44-16-2-9-23-54(44)68(53)41-30-32-61(65-37-41)70-57-26-12-5-19-47(57)48-33-39(29-31-58(48)70)40-34-51-62(66-36-40)63-52(64(51)49-20-6-13-27-59(49)71-60-28-14-7-21-50(60)64)35-42(38-67-63)69-55-24-10-3-17-45(55)46-18-4-11-25-56(46)69/h1-38H. The molecule has 0 unspecified atom stereocenters. The van der Waals surface area contributed by atoms with Crippen molar-refractivity contribution in [2.45, 2.75) is 5.41 Å². The minimum atomic E-state index is -0.780. The first-order valence-electron chi connectivity index (χ1n) is 24.1. The molecule has 6 aromatic heterocycles. The van der Waals surface area contributed by atoms with E-state index in [1.54, 1.807) is 0 Å². The molecule has 0 amide bonds. The van der Waals surface area contributed by atoms with Gasteiger partial charge in [-0.3, -0.25) is 14.5 Å². The first kappa shape index (κ1) is 38.4. The van der Waals surface area contributed by atoms with Gasteiger partial charge in [-0.05, 0) is 84.4 Å². The van der Waals surface area contributed by atoms with E-state index in [4.69, 9.17) is 19.7 Å². The van der Waals surface area contributed by atoms with Crippen LogP contribution >= 0.6 is 0 Å². The van der Waals surface area contributed by atoms with Gasteiger partial charge >= 0.3 is 0 Å². The highest BCUT2D eigenvalue weighted by molar-refractivity contribution is 6.12. The lowest BCUT2D eigenvalue weighted by atomic mass is 9.66. The summed E-state index contributed by atoms with van der Waals surface area (Å²) >= 11 is 0. The number of hydrogen-bond acceptors (Lipinski definition) is 4. The van der Waals surface area contributed by atoms with E-state index < -0.39 is 5.41 Å². The van der Waals surface area contributed by atoms with Crippen LogP contribution in [-0.2, 0) is 5.41 Å². The molecule has 7 heterocycles. The van der Waals surface area contributed by atoms with Crippen LogP contribution in [0.4, 0.5) is 0 Å². The van der Waals surface area contributed by atoms with E-state index in [1.165, 1.54) is 21.5 Å². The van der Waals surface area contributed by atoms with E-state index in [2.05, 4.69) is 226 Å². The van der Waals surface area contributed by atoms with Crippen LogP contribution < -0.4 is 4.74 Å². The molecule has 0 bridgehead atoms. The summed E-state index contributed by atoms with van der Waals surface area (Å²) in [6, 6.07) is 75.9. The van der Waals surface area contributed by atoms with E-state index in [1.807, 2.05) is 18.6 Å². The fraction of sp³-hybridized carbons (Fsp3) is 0.0156. The molecule has 7 nitrogen and oxygen atoms in total. The Kier molecular flexibility index (Phi) is 7.69. The summed E-state index contributed by atoms with van der Waals surface area (Å²) in [5, 5.41) is 7.17. The van der Waals surface area contributed by atoms with Crippen LogP contribution in [0.15, 0.2) is 231 Å². The van der Waals surface area contributed by atoms with E-state index in [0.717, 1.165) is 117 Å². The molecule has 71 heavy (non-hydrogen) atoms. The molecule has 8 aromatic carbocycles. The lowest BCUT2D eigenvalue weighted by Gasteiger charge is -2.39. The topological polar surface area (TPSA) is 62.7 Å². The van der Waals surface area contributed by atoms with Crippen molar-refractivity contribution in [2.75, 3.05) is 0 Å². The zero-order valence-electron chi connectivity index (χ0n) is 38.0. The third-order valence-corrected chi connectivity index (χ3v) is 15.2. The average Bonchev–Trinajstić information content (AvgIpc) is 4.15. The predicted octanol–water partition coefficient (Wildman–Crippen LogP) is 15.3. The molecule has 330 valence electrons. The first-order valence-corrected chi connectivity index (χ1v) is 24.1. The van der Waals surface area contributed by atoms with Gasteiger partial charge in [0.1, 0.15) is 17.3 Å². The normalized spacial score (nSPS) is 13.3. The van der Waals surface area contributed by atoms with Gasteiger partial charge in [0.05, 0.1) is 73.7 Å². The highest BCUT2D eigenvalue weighted by Crippen LogP contribution is 2.62. The Morgan fingerprint density at radius 3 is 1.32 bits per heavy atom. The Balaban J connectivity index is 0.875. The van der Waals surface area contributed by atoms with Gasteiger partial charge < -0.3 is 13.9 Å². The van der Waals surface area contributed by atoms with Gasteiger partial charge in [0.25, 0.3) is 0 Å². The molecule has 0 saturated carbocycles. The molecule has 14 aromatic rings. The Labute approximate surface area is 406 Å². The molecule has 1 aliphatic heterocycles. The second-order valence-electron chi connectivity index (χ2n) is 18.8. The minimum absolute atomic E-state index is 0.780. The number of hydrogen-bond donors (Lipinski definition) is 0. The van der Waals surface area contributed by atoms with Crippen LogP contribution in [0.3, 0.4) is 0 Å². The van der Waals surface area contributed by atoms with Gasteiger partial charge in [0, 0.05) is 66.3 Å². The monoisotopic (exact) mass is 906 g/mol. The molecule has 7 heteroatoms. The summed E-state index contributed by atoms with van der Waals surface area (Å²) in [4.78, 5) is 16.0. The van der Waals surface area contributed by atoms with Crippen LogP contribution in [0, 0.1) is 0 Å². The van der Waals surface area contributed by atoms with Crippen LogP contribution in [0.5, 0.6) is 11.5 Å². The van der Waals surface area contributed by atoms with Gasteiger partial charge in [0.2, 0.25) is 0 Å². The smallest absolute Gasteiger partial charge is 0.137 e. The van der Waals surface area contributed by atoms with Crippen molar-refractivity contribution >= 4 is 65.4 Å². The third kappa shape index (κ3) is 5.13. The maximum absolute atomic E-state index is 6.76. The number of para-hydroxylation sites is 7. The van der Waals surface area contributed by atoms with Crippen molar-refractivity contribution in [1.82, 2.24) is 28.7 Å². The minimum Gasteiger partial charge on any atom is -0.457 e. The molecule has 0 fully saturated rings. The summed E-state index contributed by atoms with van der Waals surface area (Å²) in [6.45, 7) is 0. The highest BCUT2D eigenvalue weighted by Gasteiger charge is 2.53. The summed E-state index contributed by atoms with van der Waals surface area (Å²) in [5.41, 5.74) is 16.1. The lowest BCUT2D eigenvalue weighted by Crippen LogP contribution is -2.32. The largest absolute Gasteiger partial charge is 0.457 e. The van der Waals surface area contributed by atoms with Crippen molar-refractivity contribution in [1.29, 1.82) is 0 Å². The van der Waals surface area contributed by atoms with E-state index in [9.17, 15) is 0 Å². The summed E-state index contributed by atoms with van der Waals surface area (Å²) in [7, 11) is 0. The Bertz CT molecular complexity index is 4420. The van der Waals surface area contributed by atoms with Crippen molar-refractivity contribution in [2.24, 2.45) is 0 Å². The Morgan fingerprint density at radius 2 is 0.761 bits per heavy atom. The summed E-state index contributed by atoms with van der Waals surface area (Å²) in [6.07, 6.45) is 6.04. The average molecular weight is 907 g/mol. The zero-order chi connectivity index (χ0) is 46.4. The SMILES string of the molecule is c1ccc2c(c1)Oc1ccccc1C21c2cc(-c3ccc4c(c3)c3ccccc3n4-c3ccc(-n4c5ccccc5c5ccccc54)cn3)cnc2-c2ncc(-n3c4ccccc4c4ccccc43)cc21. The summed E-state index contributed by atoms with van der Waals surface area (Å²) in [5.74, 6) is 2.50. The molecule has 1 aliphatic carbocycles. The van der Waals surface area contributed by atoms with Gasteiger partial charge in [-0.1, -0.05) is 133 Å². The molecule has 0 N–H and O–H groups in total. The quantitative estimate of drug-likeness (QED) is 0.176. The Morgan fingerprint density at radius 1 is 0.310 bits per heavy atom. The number of aromatic nitrogens is 6. The van der Waals surface area contributed by atoms with Crippen LogP contribution in [0.1, 0.15) is 22.3 Å². The van der Waals surface area contributed by atoms with Crippen molar-refractivity contribution in [3.63, 3.8) is 0 Å².